The van der Waals surface area contributed by atoms with E-state index in [9.17, 15) is 0 Å². The zero-order chi connectivity index (χ0) is 10.1. The fourth-order valence-electron chi connectivity index (χ4n) is 1.13. The third-order valence-corrected chi connectivity index (χ3v) is 1.80. The van der Waals surface area contributed by atoms with E-state index in [1.807, 2.05) is 26.8 Å². The van der Waals surface area contributed by atoms with Crippen molar-refractivity contribution < 1.29 is 0 Å². The van der Waals surface area contributed by atoms with Gasteiger partial charge in [0.25, 0.3) is 0 Å². The van der Waals surface area contributed by atoms with Gasteiger partial charge in [0.15, 0.2) is 0 Å². The minimum Gasteiger partial charge on any atom is -0.0915 e. The second-order valence-corrected chi connectivity index (χ2v) is 2.68. The quantitative estimate of drug-likeness (QED) is 0.554. The number of rotatable bonds is 1. The highest BCUT2D eigenvalue weighted by Crippen LogP contribution is 2.21. The molecule has 0 aromatic heterocycles. The van der Waals surface area contributed by atoms with Gasteiger partial charge in [0.1, 0.15) is 0 Å². The molecule has 0 spiro atoms. The first kappa shape index (κ1) is 12.0. The van der Waals surface area contributed by atoms with Crippen molar-refractivity contribution in [3.63, 3.8) is 0 Å². The summed E-state index contributed by atoms with van der Waals surface area (Å²) in [5, 5.41) is 0. The summed E-state index contributed by atoms with van der Waals surface area (Å²) in [6, 6.07) is 0. The molecule has 0 radical (unpaired) electrons. The third-order valence-electron chi connectivity index (χ3n) is 1.80. The topological polar surface area (TPSA) is 0 Å². The first-order valence-corrected chi connectivity index (χ1v) is 5.02. The molecule has 13 heavy (non-hydrogen) atoms. The largest absolute Gasteiger partial charge is 0.0915 e. The Balaban J connectivity index is 0.000000671. The highest BCUT2D eigenvalue weighted by atomic mass is 14.1. The molecule has 72 valence electrons. The molecular weight excluding hydrogens is 156 g/mol. The van der Waals surface area contributed by atoms with Crippen LogP contribution in [0.15, 0.2) is 48.1 Å². The molecule has 1 aliphatic carbocycles. The van der Waals surface area contributed by atoms with Gasteiger partial charge in [0.2, 0.25) is 0 Å². The van der Waals surface area contributed by atoms with Crippen LogP contribution in [0.2, 0.25) is 0 Å². The molecule has 0 aromatic rings. The molecule has 0 amide bonds. The summed E-state index contributed by atoms with van der Waals surface area (Å²) >= 11 is 0. The first-order valence-electron chi connectivity index (χ1n) is 5.02. The van der Waals surface area contributed by atoms with Gasteiger partial charge in [-0.05, 0) is 30.9 Å². The monoisotopic (exact) mass is 176 g/mol. The summed E-state index contributed by atoms with van der Waals surface area (Å²) in [5.74, 6) is 0. The number of hydrogen-bond acceptors (Lipinski definition) is 0. The fraction of sp³-hybridized carbons (Fsp3) is 0.385. The Bertz CT molecular complexity index is 226. The van der Waals surface area contributed by atoms with Crippen molar-refractivity contribution in [1.82, 2.24) is 0 Å². The van der Waals surface area contributed by atoms with Gasteiger partial charge in [-0.25, -0.2) is 0 Å². The van der Waals surface area contributed by atoms with Gasteiger partial charge in [-0.3, -0.25) is 0 Å². The fourth-order valence-corrected chi connectivity index (χ4v) is 1.13. The zero-order valence-corrected chi connectivity index (χ0v) is 9.01. The Hall–Kier alpha value is -1.04. The van der Waals surface area contributed by atoms with Crippen LogP contribution in [0.25, 0.3) is 0 Å². The molecule has 0 atom stereocenters. The Morgan fingerprint density at radius 2 is 2.08 bits per heavy atom. The van der Waals surface area contributed by atoms with Crippen LogP contribution in [0.5, 0.6) is 0 Å². The van der Waals surface area contributed by atoms with Gasteiger partial charge in [-0.15, -0.1) is 0 Å². The van der Waals surface area contributed by atoms with Crippen LogP contribution >= 0.6 is 0 Å². The van der Waals surface area contributed by atoms with Crippen LogP contribution in [-0.2, 0) is 0 Å². The lowest BCUT2D eigenvalue weighted by atomic mass is 9.96. The minimum atomic E-state index is 1.14. The van der Waals surface area contributed by atoms with Crippen LogP contribution in [0.4, 0.5) is 0 Å². The molecule has 0 N–H and O–H groups in total. The average molecular weight is 176 g/mol. The third kappa shape index (κ3) is 4.51. The highest BCUT2D eigenvalue weighted by molar-refractivity contribution is 5.41. The lowest BCUT2D eigenvalue weighted by Gasteiger charge is -2.09. The Morgan fingerprint density at radius 3 is 2.62 bits per heavy atom. The molecular formula is C13H20. The highest BCUT2D eigenvalue weighted by Gasteiger charge is 2.01. The molecule has 0 heteroatoms. The van der Waals surface area contributed by atoms with Crippen LogP contribution in [0, 0.1) is 0 Å². The lowest BCUT2D eigenvalue weighted by Crippen LogP contribution is -1.90. The number of allylic oxidation sites excluding steroid dienone is 7. The van der Waals surface area contributed by atoms with Crippen molar-refractivity contribution in [3.05, 3.63) is 48.1 Å². The van der Waals surface area contributed by atoms with E-state index in [1.165, 1.54) is 5.57 Å². The maximum Gasteiger partial charge on any atom is -0.0238 e. The SMILES string of the molecule is C=C1C=CCC/C1=C/C=C\C.CC. The van der Waals surface area contributed by atoms with Crippen LogP contribution in [-0.4, -0.2) is 0 Å². The average Bonchev–Trinajstić information content (AvgIpc) is 2.20. The molecule has 0 saturated carbocycles. The van der Waals surface area contributed by atoms with E-state index in [0.717, 1.165) is 18.4 Å². The second kappa shape index (κ2) is 7.60. The van der Waals surface area contributed by atoms with Crippen molar-refractivity contribution in [1.29, 1.82) is 0 Å². The molecule has 0 unspecified atom stereocenters. The molecule has 0 fully saturated rings. The standard InChI is InChI=1S/C11H14.C2H6/c1-3-4-8-11-9-6-5-7-10(11)2;1-2/h3-5,7-8H,2,6,9H2,1H3;1-2H3/b4-3-,11-8-;. The maximum atomic E-state index is 3.96. The summed E-state index contributed by atoms with van der Waals surface area (Å²) < 4.78 is 0. The normalized spacial score (nSPS) is 19.0. The van der Waals surface area contributed by atoms with Gasteiger partial charge < -0.3 is 0 Å². The van der Waals surface area contributed by atoms with E-state index in [0.29, 0.717) is 0 Å². The van der Waals surface area contributed by atoms with Gasteiger partial charge in [0.05, 0.1) is 0 Å². The van der Waals surface area contributed by atoms with Crippen molar-refractivity contribution >= 4 is 0 Å². The van der Waals surface area contributed by atoms with E-state index in [2.05, 4.69) is 30.9 Å². The summed E-state index contributed by atoms with van der Waals surface area (Å²) in [4.78, 5) is 0. The molecule has 1 rings (SSSR count). The Kier molecular flexibility index (Phi) is 6.99. The Labute approximate surface area is 82.4 Å². The second-order valence-electron chi connectivity index (χ2n) is 2.68. The van der Waals surface area contributed by atoms with Crippen molar-refractivity contribution in [2.24, 2.45) is 0 Å². The van der Waals surface area contributed by atoms with E-state index in [1.54, 1.807) is 0 Å². The van der Waals surface area contributed by atoms with Crippen LogP contribution < -0.4 is 0 Å². The van der Waals surface area contributed by atoms with Crippen LogP contribution in [0.3, 0.4) is 0 Å². The summed E-state index contributed by atoms with van der Waals surface area (Å²) in [7, 11) is 0. The van der Waals surface area contributed by atoms with Crippen molar-refractivity contribution in [2.45, 2.75) is 33.6 Å². The number of hydrogen-bond donors (Lipinski definition) is 0. The molecule has 0 aromatic carbocycles. The molecule has 0 saturated heterocycles. The van der Waals surface area contributed by atoms with Gasteiger partial charge >= 0.3 is 0 Å². The van der Waals surface area contributed by atoms with Crippen molar-refractivity contribution in [2.75, 3.05) is 0 Å². The van der Waals surface area contributed by atoms with Crippen LogP contribution in [0.1, 0.15) is 33.6 Å². The Morgan fingerprint density at radius 1 is 1.38 bits per heavy atom. The van der Waals surface area contributed by atoms with Gasteiger partial charge in [-0.2, -0.15) is 0 Å². The molecule has 0 bridgehead atoms. The van der Waals surface area contributed by atoms with E-state index >= 15 is 0 Å². The predicted molar refractivity (Wildman–Crippen MR) is 61.8 cm³/mol. The van der Waals surface area contributed by atoms with E-state index < -0.39 is 0 Å². The zero-order valence-electron chi connectivity index (χ0n) is 9.01. The van der Waals surface area contributed by atoms with E-state index in [-0.39, 0.29) is 0 Å². The first-order chi connectivity index (χ1) is 6.34. The summed E-state index contributed by atoms with van der Waals surface area (Å²) in [6.07, 6.45) is 12.8. The lowest BCUT2D eigenvalue weighted by molar-refractivity contribution is 0.970. The van der Waals surface area contributed by atoms with Crippen molar-refractivity contribution in [3.8, 4) is 0 Å². The van der Waals surface area contributed by atoms with Gasteiger partial charge in [-0.1, -0.05) is 50.8 Å². The predicted octanol–water partition coefficient (Wildman–Crippen LogP) is 4.42. The minimum absolute atomic E-state index is 1.14. The molecule has 0 heterocycles. The molecule has 0 aliphatic heterocycles. The summed E-state index contributed by atoms with van der Waals surface area (Å²) in [5.41, 5.74) is 2.53. The molecule has 1 aliphatic rings. The van der Waals surface area contributed by atoms with E-state index in [4.69, 9.17) is 0 Å². The smallest absolute Gasteiger partial charge is 0.0238 e. The van der Waals surface area contributed by atoms with Gasteiger partial charge in [0, 0.05) is 0 Å². The molecule has 0 nitrogen and oxygen atoms in total. The maximum absolute atomic E-state index is 3.96. The summed E-state index contributed by atoms with van der Waals surface area (Å²) in [6.45, 7) is 9.99.